The molecule has 2 rings (SSSR count). The SMILES string of the molecule is CCOCCCNC(=NC)NCc1ccc(NC(=O)c2ccco2)cc1. The van der Waals surface area contributed by atoms with Gasteiger partial charge in [0.25, 0.3) is 5.91 Å². The molecule has 140 valence electrons. The number of aliphatic imine (C=N–C) groups is 1. The molecule has 0 radical (unpaired) electrons. The Labute approximate surface area is 153 Å². The fourth-order valence-electron chi connectivity index (χ4n) is 2.24. The van der Waals surface area contributed by atoms with E-state index in [1.807, 2.05) is 31.2 Å². The van der Waals surface area contributed by atoms with Gasteiger partial charge in [-0.2, -0.15) is 0 Å². The van der Waals surface area contributed by atoms with Crippen molar-refractivity contribution in [3.05, 3.63) is 54.0 Å². The Morgan fingerprint density at radius 1 is 1.19 bits per heavy atom. The fourth-order valence-corrected chi connectivity index (χ4v) is 2.24. The minimum Gasteiger partial charge on any atom is -0.459 e. The van der Waals surface area contributed by atoms with E-state index in [9.17, 15) is 4.79 Å². The molecule has 1 aromatic carbocycles. The van der Waals surface area contributed by atoms with Crippen molar-refractivity contribution in [2.24, 2.45) is 4.99 Å². The summed E-state index contributed by atoms with van der Waals surface area (Å²) in [5.74, 6) is 0.768. The second-order valence-electron chi connectivity index (χ2n) is 5.53. The van der Waals surface area contributed by atoms with Gasteiger partial charge in [0.1, 0.15) is 0 Å². The van der Waals surface area contributed by atoms with E-state index in [4.69, 9.17) is 9.15 Å². The van der Waals surface area contributed by atoms with Crippen LogP contribution in [0.3, 0.4) is 0 Å². The number of anilines is 1. The lowest BCUT2D eigenvalue weighted by Crippen LogP contribution is -2.37. The molecule has 3 N–H and O–H groups in total. The summed E-state index contributed by atoms with van der Waals surface area (Å²) in [7, 11) is 1.74. The molecule has 7 nitrogen and oxygen atoms in total. The van der Waals surface area contributed by atoms with E-state index in [0.717, 1.165) is 37.7 Å². The summed E-state index contributed by atoms with van der Waals surface area (Å²) in [6.45, 7) is 4.91. The number of nitrogens with one attached hydrogen (secondary N) is 3. The van der Waals surface area contributed by atoms with Gasteiger partial charge in [-0.3, -0.25) is 9.79 Å². The van der Waals surface area contributed by atoms with Gasteiger partial charge in [0.2, 0.25) is 0 Å². The molecule has 7 heteroatoms. The minimum absolute atomic E-state index is 0.266. The smallest absolute Gasteiger partial charge is 0.291 e. The van der Waals surface area contributed by atoms with Gasteiger partial charge in [0, 0.05) is 39.0 Å². The lowest BCUT2D eigenvalue weighted by atomic mass is 10.2. The summed E-state index contributed by atoms with van der Waals surface area (Å²) in [4.78, 5) is 16.1. The Hall–Kier alpha value is -2.80. The summed E-state index contributed by atoms with van der Waals surface area (Å²) in [6.07, 6.45) is 2.40. The first-order valence-corrected chi connectivity index (χ1v) is 8.69. The van der Waals surface area contributed by atoms with E-state index in [1.54, 1.807) is 19.2 Å². The molecular formula is C19H26N4O3. The van der Waals surface area contributed by atoms with Crippen LogP contribution in [-0.2, 0) is 11.3 Å². The molecule has 0 saturated carbocycles. The number of benzene rings is 1. The third kappa shape index (κ3) is 6.60. The maximum Gasteiger partial charge on any atom is 0.291 e. The Morgan fingerprint density at radius 3 is 2.65 bits per heavy atom. The van der Waals surface area contributed by atoms with Gasteiger partial charge in [-0.15, -0.1) is 0 Å². The van der Waals surface area contributed by atoms with Gasteiger partial charge in [0.05, 0.1) is 6.26 Å². The maximum atomic E-state index is 11.9. The highest BCUT2D eigenvalue weighted by molar-refractivity contribution is 6.02. The fraction of sp³-hybridized carbons (Fsp3) is 0.368. The molecule has 0 aliphatic heterocycles. The summed E-state index contributed by atoms with van der Waals surface area (Å²) < 4.78 is 10.4. The van der Waals surface area contributed by atoms with Crippen molar-refractivity contribution >= 4 is 17.6 Å². The van der Waals surface area contributed by atoms with Crippen molar-refractivity contribution in [2.45, 2.75) is 19.9 Å². The van der Waals surface area contributed by atoms with Crippen LogP contribution in [0, 0.1) is 0 Å². The zero-order valence-corrected chi connectivity index (χ0v) is 15.2. The minimum atomic E-state index is -0.266. The third-order valence-electron chi connectivity index (χ3n) is 3.60. The molecule has 0 aliphatic carbocycles. The summed E-state index contributed by atoms with van der Waals surface area (Å²) in [5, 5.41) is 9.29. The van der Waals surface area contributed by atoms with Crippen LogP contribution in [-0.4, -0.2) is 38.7 Å². The van der Waals surface area contributed by atoms with E-state index in [0.29, 0.717) is 12.2 Å². The van der Waals surface area contributed by atoms with Gasteiger partial charge in [0.15, 0.2) is 11.7 Å². The molecule has 0 fully saturated rings. The topological polar surface area (TPSA) is 87.9 Å². The number of amides is 1. The Balaban J connectivity index is 1.74. The number of carbonyl (C=O) groups is 1. The predicted molar refractivity (Wildman–Crippen MR) is 102 cm³/mol. The molecule has 0 aliphatic rings. The second-order valence-corrected chi connectivity index (χ2v) is 5.53. The van der Waals surface area contributed by atoms with Crippen molar-refractivity contribution < 1.29 is 13.9 Å². The van der Waals surface area contributed by atoms with Crippen LogP contribution in [0.2, 0.25) is 0 Å². The zero-order valence-electron chi connectivity index (χ0n) is 15.2. The van der Waals surface area contributed by atoms with Crippen LogP contribution in [0.4, 0.5) is 5.69 Å². The molecule has 0 unspecified atom stereocenters. The number of hydrogen-bond donors (Lipinski definition) is 3. The monoisotopic (exact) mass is 358 g/mol. The number of nitrogens with zero attached hydrogens (tertiary/aromatic N) is 1. The number of ether oxygens (including phenoxy) is 1. The van der Waals surface area contributed by atoms with E-state index < -0.39 is 0 Å². The molecule has 2 aromatic rings. The van der Waals surface area contributed by atoms with Crippen LogP contribution >= 0.6 is 0 Å². The number of rotatable bonds is 9. The van der Waals surface area contributed by atoms with Crippen molar-refractivity contribution in [2.75, 3.05) is 32.1 Å². The van der Waals surface area contributed by atoms with Crippen LogP contribution in [0.15, 0.2) is 52.1 Å². The van der Waals surface area contributed by atoms with Gasteiger partial charge >= 0.3 is 0 Å². The summed E-state index contributed by atoms with van der Waals surface area (Å²) in [5.41, 5.74) is 1.80. The average Bonchev–Trinajstić information content (AvgIpc) is 3.20. The first kappa shape index (κ1) is 19.5. The van der Waals surface area contributed by atoms with E-state index in [-0.39, 0.29) is 11.7 Å². The van der Waals surface area contributed by atoms with Gasteiger partial charge < -0.3 is 25.1 Å². The molecular weight excluding hydrogens is 332 g/mol. The van der Waals surface area contributed by atoms with Crippen molar-refractivity contribution in [1.82, 2.24) is 10.6 Å². The highest BCUT2D eigenvalue weighted by atomic mass is 16.5. The Kier molecular flexibility index (Phi) is 8.21. The Bertz CT molecular complexity index is 681. The number of hydrogen-bond acceptors (Lipinski definition) is 4. The first-order valence-electron chi connectivity index (χ1n) is 8.69. The highest BCUT2D eigenvalue weighted by Crippen LogP contribution is 2.11. The lowest BCUT2D eigenvalue weighted by molar-refractivity contribution is 0.0996. The predicted octanol–water partition coefficient (Wildman–Crippen LogP) is 2.62. The quantitative estimate of drug-likeness (QED) is 0.364. The summed E-state index contributed by atoms with van der Waals surface area (Å²) in [6, 6.07) is 10.9. The normalized spacial score (nSPS) is 11.2. The van der Waals surface area contributed by atoms with Gasteiger partial charge in [-0.25, -0.2) is 0 Å². The first-order chi connectivity index (χ1) is 12.7. The second kappa shape index (κ2) is 10.9. The zero-order chi connectivity index (χ0) is 18.6. The molecule has 0 saturated heterocycles. The maximum absolute atomic E-state index is 11.9. The highest BCUT2D eigenvalue weighted by Gasteiger charge is 2.08. The largest absolute Gasteiger partial charge is 0.459 e. The molecule has 1 aromatic heterocycles. The molecule has 1 heterocycles. The van der Waals surface area contributed by atoms with Crippen LogP contribution in [0.25, 0.3) is 0 Å². The molecule has 1 amide bonds. The van der Waals surface area contributed by atoms with Crippen molar-refractivity contribution in [3.63, 3.8) is 0 Å². The standard InChI is InChI=1S/C19H26N4O3/c1-3-25-12-5-11-21-19(20-2)22-14-15-7-9-16(10-8-15)23-18(24)17-6-4-13-26-17/h4,6-10,13H,3,5,11-12,14H2,1-2H3,(H,23,24)(H2,20,21,22). The average molecular weight is 358 g/mol. The Morgan fingerprint density at radius 2 is 2.00 bits per heavy atom. The lowest BCUT2D eigenvalue weighted by Gasteiger charge is -2.12. The molecule has 0 atom stereocenters. The molecule has 26 heavy (non-hydrogen) atoms. The van der Waals surface area contributed by atoms with E-state index in [2.05, 4.69) is 20.9 Å². The summed E-state index contributed by atoms with van der Waals surface area (Å²) >= 11 is 0. The van der Waals surface area contributed by atoms with Crippen LogP contribution in [0.5, 0.6) is 0 Å². The van der Waals surface area contributed by atoms with Crippen molar-refractivity contribution in [3.8, 4) is 0 Å². The van der Waals surface area contributed by atoms with Crippen molar-refractivity contribution in [1.29, 1.82) is 0 Å². The number of carbonyl (C=O) groups excluding carboxylic acids is 1. The van der Waals surface area contributed by atoms with E-state index in [1.165, 1.54) is 6.26 Å². The third-order valence-corrected chi connectivity index (χ3v) is 3.60. The van der Waals surface area contributed by atoms with E-state index >= 15 is 0 Å². The molecule has 0 bridgehead atoms. The van der Waals surface area contributed by atoms with Gasteiger partial charge in [-0.1, -0.05) is 12.1 Å². The molecule has 0 spiro atoms. The van der Waals surface area contributed by atoms with Gasteiger partial charge in [-0.05, 0) is 43.2 Å². The number of furan rings is 1. The number of guanidine groups is 1. The van der Waals surface area contributed by atoms with Crippen LogP contribution in [0.1, 0.15) is 29.5 Å². The van der Waals surface area contributed by atoms with Crippen LogP contribution < -0.4 is 16.0 Å².